The summed E-state index contributed by atoms with van der Waals surface area (Å²) in [4.78, 5) is 0. The summed E-state index contributed by atoms with van der Waals surface area (Å²) in [7, 11) is -5.13. The van der Waals surface area contributed by atoms with Gasteiger partial charge in [0.05, 0.1) is 127 Å². The largest absolute Gasteiger partial charge is 0.411 e. The third-order valence-electron chi connectivity index (χ3n) is 23.8. The summed E-state index contributed by atoms with van der Waals surface area (Å²) in [6.45, 7) is 48.6. The Morgan fingerprint density at radius 3 is 2.00 bits per heavy atom. The molecule has 10 aliphatic rings. The molecule has 12 rings (SSSR count). The Morgan fingerprint density at radius 1 is 0.663 bits per heavy atom. The Hall–Kier alpha value is -2.69. The monoisotopic (exact) mass is 1260 g/mol. The fraction of sp³-hybridized carbons (Fsp3) is 0.730. The normalized spacial score (nSPS) is 44.1. The summed E-state index contributed by atoms with van der Waals surface area (Å²) in [6.07, 6.45) is 11.3. The van der Waals surface area contributed by atoms with Crippen molar-refractivity contribution >= 4 is 27.0 Å². The highest BCUT2D eigenvalue weighted by molar-refractivity contribution is 6.99. The maximum Gasteiger partial charge on any atom is 0.261 e. The van der Waals surface area contributed by atoms with E-state index in [0.29, 0.717) is 58.2 Å². The van der Waals surface area contributed by atoms with Crippen LogP contribution in [0.4, 0.5) is 0 Å². The van der Waals surface area contributed by atoms with Gasteiger partial charge < -0.3 is 61.0 Å². The molecule has 10 heterocycles. The maximum atomic E-state index is 7.58. The van der Waals surface area contributed by atoms with Crippen LogP contribution in [0.2, 0.25) is 23.2 Å². The van der Waals surface area contributed by atoms with Crippen LogP contribution in [0.5, 0.6) is 0 Å². The molecule has 10 aliphatic heterocycles. The Balaban J connectivity index is 0.737. The van der Waals surface area contributed by atoms with E-state index in [9.17, 15) is 0 Å². The molecular formula is C74H110O13Si2. The van der Waals surface area contributed by atoms with Crippen LogP contribution in [0.25, 0.3) is 0 Å². The molecule has 0 N–H and O–H groups in total. The molecule has 9 fully saturated rings. The van der Waals surface area contributed by atoms with Crippen molar-refractivity contribution in [1.29, 1.82) is 0 Å². The minimum atomic E-state index is -2.80. The van der Waals surface area contributed by atoms with Gasteiger partial charge in [0.15, 0.2) is 8.32 Å². The molecule has 0 saturated carbocycles. The van der Waals surface area contributed by atoms with Gasteiger partial charge in [0, 0.05) is 44.9 Å². The first-order chi connectivity index (χ1) is 41.9. The van der Waals surface area contributed by atoms with Gasteiger partial charge >= 0.3 is 0 Å². The van der Waals surface area contributed by atoms with Crippen LogP contribution in [0.3, 0.4) is 0 Å². The van der Waals surface area contributed by atoms with Crippen molar-refractivity contribution in [2.75, 3.05) is 13.2 Å². The third-order valence-corrected chi connectivity index (χ3v) is 33.3. The topological polar surface area (TPSA) is 120 Å². The van der Waals surface area contributed by atoms with Crippen molar-refractivity contribution in [2.24, 2.45) is 5.92 Å². The molecule has 0 spiro atoms. The first kappa shape index (κ1) is 66.3. The molecule has 492 valence electrons. The third kappa shape index (κ3) is 12.3. The fourth-order valence-corrected chi connectivity index (χ4v) is 23.5. The molecule has 0 bridgehead atoms. The zero-order valence-electron chi connectivity index (χ0n) is 56.7. The first-order valence-electron chi connectivity index (χ1n) is 34.2. The average molecular weight is 1260 g/mol. The van der Waals surface area contributed by atoms with E-state index < -0.39 is 50.7 Å². The van der Waals surface area contributed by atoms with E-state index in [1.807, 2.05) is 12.2 Å². The summed E-state index contributed by atoms with van der Waals surface area (Å²) >= 11 is 0. The van der Waals surface area contributed by atoms with Crippen LogP contribution in [0.1, 0.15) is 167 Å². The Morgan fingerprint density at radius 2 is 1.34 bits per heavy atom. The van der Waals surface area contributed by atoms with Gasteiger partial charge in [-0.1, -0.05) is 140 Å². The lowest BCUT2D eigenvalue weighted by Crippen LogP contribution is -2.70. The van der Waals surface area contributed by atoms with E-state index in [4.69, 9.17) is 67.5 Å². The van der Waals surface area contributed by atoms with Gasteiger partial charge in [-0.15, -0.1) is 13.2 Å². The summed E-state index contributed by atoms with van der Waals surface area (Å²) < 4.78 is 94.4. The summed E-state index contributed by atoms with van der Waals surface area (Å²) in [5.74, 6) is 0.202. The second-order valence-electron chi connectivity index (χ2n) is 32.5. The number of rotatable bonds is 14. The molecular weight excluding hydrogens is 1150 g/mol. The van der Waals surface area contributed by atoms with Crippen molar-refractivity contribution in [3.05, 3.63) is 110 Å². The molecule has 9 saturated heterocycles. The number of hydrogen-bond donors (Lipinski definition) is 0. The summed E-state index contributed by atoms with van der Waals surface area (Å²) in [5.41, 5.74) is -0.964. The van der Waals surface area contributed by atoms with Crippen molar-refractivity contribution in [3.63, 3.8) is 0 Å². The van der Waals surface area contributed by atoms with Gasteiger partial charge in [0.2, 0.25) is 0 Å². The molecule has 89 heavy (non-hydrogen) atoms. The zero-order valence-corrected chi connectivity index (χ0v) is 58.7. The quantitative estimate of drug-likeness (QED) is 0.132. The molecule has 0 radical (unpaired) electrons. The van der Waals surface area contributed by atoms with Gasteiger partial charge in [-0.25, -0.2) is 0 Å². The van der Waals surface area contributed by atoms with Crippen molar-refractivity contribution in [2.45, 2.75) is 322 Å². The molecule has 0 unspecified atom stereocenters. The number of fused-ring (bicyclic) bond motifs is 8. The Kier molecular flexibility index (Phi) is 18.3. The van der Waals surface area contributed by atoms with Gasteiger partial charge in [0.25, 0.3) is 8.32 Å². The Bertz CT molecular complexity index is 2850. The smallest absolute Gasteiger partial charge is 0.261 e. The SMILES string of the molecule is C=CC[C@]1(C)O[C@@H]2C[C@@H]3O[C@@H]4[C@H](C)C[C@@H]5O[C@@H]6C[C@@H]7OCC=C(C)[C@H]7O[C@@]6(C)C[C@H]5O[C@H]4CC[C@@]3(C)O[C@@]2(C)C[C@H]1O[C@H]1C[C@H]2O[C@@]3(C)[C@@H](O[Si](C)(C)C(C)(C)C)C[C@@H](CC(=C)CO[Si](c4ccccc4)(c4ccccc4)C(C)(C)C)O[C@@H]3C[C@@H]2O[C@@H]1C=C. The molecule has 0 aliphatic carbocycles. The molecule has 0 amide bonds. The molecule has 0 aromatic heterocycles. The maximum absolute atomic E-state index is 7.58. The van der Waals surface area contributed by atoms with Crippen LogP contribution in [-0.2, 0) is 61.0 Å². The van der Waals surface area contributed by atoms with Crippen LogP contribution in [0, 0.1) is 5.92 Å². The van der Waals surface area contributed by atoms with Crippen LogP contribution in [-0.4, -0.2) is 162 Å². The molecule has 23 atom stereocenters. The van der Waals surface area contributed by atoms with E-state index in [2.05, 4.69) is 183 Å². The minimum absolute atomic E-state index is 0.0136. The standard InChI is InChI=1S/C74H110O13Si2/c1-19-33-70(12)65(44-73(15)62(84-70)42-61-71(13,87-73)34-31-53-66(82-61)48(5)37-54-59(79-53)43-72(14)60(80-54)41-58-67(85-72)47(4)32-35-75-58)81-55-39-57-56(78-52(55)20-2)40-63-74(16,83-57)64(86-88(17,18)68(6,7)8)38-49(77-63)36-46(3)45-76-89(69(9,10)11,50-27-23-21-24-28-50)51-29-25-22-26-30-51/h19-30,32,48-49,52-67H,1-3,31,33-45H2,4-18H3/t48-,49-,52-,53+,54+,55+,56+,57-,58+,59-,60-,61+,62-,63-,64+,65-,66-,67-,70+,71-,72+,73+,74-/m1/s1. The van der Waals surface area contributed by atoms with E-state index in [1.165, 1.54) is 15.9 Å². The molecule has 2 aromatic rings. The Labute approximate surface area is 536 Å². The summed E-state index contributed by atoms with van der Waals surface area (Å²) in [5, 5.41) is 2.32. The molecule has 2 aromatic carbocycles. The van der Waals surface area contributed by atoms with E-state index in [0.717, 1.165) is 37.7 Å². The van der Waals surface area contributed by atoms with E-state index >= 15 is 0 Å². The summed E-state index contributed by atoms with van der Waals surface area (Å²) in [6, 6.07) is 21.7. The predicted molar refractivity (Wildman–Crippen MR) is 353 cm³/mol. The lowest BCUT2D eigenvalue weighted by atomic mass is 9.73. The average Bonchev–Trinajstić information content (AvgIpc) is 1.59. The predicted octanol–water partition coefficient (Wildman–Crippen LogP) is 13.2. The second kappa shape index (κ2) is 24.5. The highest BCUT2D eigenvalue weighted by Crippen LogP contribution is 2.56. The fourth-order valence-electron chi connectivity index (χ4n) is 17.6. The zero-order chi connectivity index (χ0) is 63.5. The van der Waals surface area contributed by atoms with Crippen molar-refractivity contribution in [3.8, 4) is 0 Å². The second-order valence-corrected chi connectivity index (χ2v) is 41.6. The van der Waals surface area contributed by atoms with Crippen LogP contribution in [0.15, 0.2) is 110 Å². The van der Waals surface area contributed by atoms with Crippen molar-refractivity contribution < 1.29 is 61.0 Å². The highest BCUT2D eigenvalue weighted by Gasteiger charge is 2.65. The van der Waals surface area contributed by atoms with E-state index in [1.54, 1.807) is 0 Å². The minimum Gasteiger partial charge on any atom is -0.411 e. The number of ether oxygens (including phenoxy) is 11. The lowest BCUT2D eigenvalue weighted by molar-refractivity contribution is -0.355. The van der Waals surface area contributed by atoms with Crippen LogP contribution < -0.4 is 10.4 Å². The first-order valence-corrected chi connectivity index (χ1v) is 39.0. The van der Waals surface area contributed by atoms with Crippen LogP contribution >= 0.6 is 0 Å². The van der Waals surface area contributed by atoms with Gasteiger partial charge in [0.1, 0.15) is 17.8 Å². The van der Waals surface area contributed by atoms with Crippen molar-refractivity contribution in [1.82, 2.24) is 0 Å². The molecule has 13 nitrogen and oxygen atoms in total. The highest BCUT2D eigenvalue weighted by atomic mass is 28.4. The van der Waals surface area contributed by atoms with Gasteiger partial charge in [-0.3, -0.25) is 0 Å². The van der Waals surface area contributed by atoms with E-state index in [-0.39, 0.29) is 114 Å². The van der Waals surface area contributed by atoms with Gasteiger partial charge in [-0.05, 0) is 119 Å². The van der Waals surface area contributed by atoms with Gasteiger partial charge in [-0.2, -0.15) is 0 Å². The number of benzene rings is 2. The molecule has 15 heteroatoms. The lowest BCUT2D eigenvalue weighted by Gasteiger charge is -2.60. The number of hydrogen-bond acceptors (Lipinski definition) is 13.